The lowest BCUT2D eigenvalue weighted by atomic mass is 10.1. The summed E-state index contributed by atoms with van der Waals surface area (Å²) in [5.74, 6) is 1.11. The number of imidazole rings is 1. The molecule has 0 amide bonds. The number of fused-ring (bicyclic) bond motifs is 2. The summed E-state index contributed by atoms with van der Waals surface area (Å²) in [7, 11) is 0. The second kappa shape index (κ2) is 9.95. The monoisotopic (exact) mass is 514 g/mol. The molecule has 0 unspecified atom stereocenters. The number of hydrogen-bond donors (Lipinski definition) is 1. The van der Waals surface area contributed by atoms with Crippen LogP contribution >= 0.6 is 0 Å². The van der Waals surface area contributed by atoms with Gasteiger partial charge in [0, 0.05) is 28.7 Å². The van der Waals surface area contributed by atoms with Crippen LogP contribution < -0.4 is 10.3 Å². The van der Waals surface area contributed by atoms with Crippen molar-refractivity contribution in [1.29, 1.82) is 0 Å². The van der Waals surface area contributed by atoms with Gasteiger partial charge >= 0.3 is 0 Å². The zero-order valence-electron chi connectivity index (χ0n) is 21.6. The number of pyridine rings is 2. The first-order valence-corrected chi connectivity index (χ1v) is 12.7. The van der Waals surface area contributed by atoms with Crippen LogP contribution in [0.4, 0.5) is 5.82 Å². The molecule has 6 rings (SSSR count). The van der Waals surface area contributed by atoms with Crippen molar-refractivity contribution < 1.29 is 9.84 Å². The molecule has 0 saturated carbocycles. The van der Waals surface area contributed by atoms with Gasteiger partial charge in [-0.2, -0.15) is 0 Å². The van der Waals surface area contributed by atoms with E-state index in [2.05, 4.69) is 0 Å². The summed E-state index contributed by atoms with van der Waals surface area (Å²) in [6.45, 7) is 4.47. The van der Waals surface area contributed by atoms with Gasteiger partial charge in [0.1, 0.15) is 17.1 Å². The Bertz CT molecular complexity index is 1900. The minimum atomic E-state index is -0.320. The number of ether oxygens (including phenoxy) is 1. The predicted molar refractivity (Wildman–Crippen MR) is 155 cm³/mol. The summed E-state index contributed by atoms with van der Waals surface area (Å²) >= 11 is 0. The van der Waals surface area contributed by atoms with Crippen LogP contribution in [0.25, 0.3) is 33.4 Å². The van der Waals surface area contributed by atoms with E-state index in [-0.39, 0.29) is 11.4 Å². The van der Waals surface area contributed by atoms with Crippen LogP contribution in [0, 0.1) is 6.92 Å². The van der Waals surface area contributed by atoms with Gasteiger partial charge in [-0.05, 0) is 61.9 Å². The molecule has 7 heteroatoms. The molecule has 0 fully saturated rings. The van der Waals surface area contributed by atoms with Gasteiger partial charge in [-0.3, -0.25) is 9.20 Å². The third-order valence-corrected chi connectivity index (χ3v) is 6.63. The van der Waals surface area contributed by atoms with Crippen LogP contribution in [0.1, 0.15) is 18.1 Å². The van der Waals surface area contributed by atoms with E-state index in [1.54, 1.807) is 36.5 Å². The van der Waals surface area contributed by atoms with E-state index in [1.807, 2.05) is 85.1 Å². The van der Waals surface area contributed by atoms with Crippen molar-refractivity contribution in [3.05, 3.63) is 119 Å². The van der Waals surface area contributed by atoms with Crippen molar-refractivity contribution in [1.82, 2.24) is 14.0 Å². The molecule has 6 aromatic rings. The fourth-order valence-electron chi connectivity index (χ4n) is 4.76. The Morgan fingerprint density at radius 3 is 2.41 bits per heavy atom. The average Bonchev–Trinajstić information content (AvgIpc) is 3.32. The van der Waals surface area contributed by atoms with E-state index in [9.17, 15) is 9.90 Å². The molecule has 0 aliphatic carbocycles. The summed E-state index contributed by atoms with van der Waals surface area (Å²) in [5.41, 5.74) is 4.15. The van der Waals surface area contributed by atoms with Crippen molar-refractivity contribution in [3.8, 4) is 28.6 Å². The second-order valence-corrected chi connectivity index (χ2v) is 9.19. The minimum Gasteiger partial charge on any atom is -0.494 e. The highest BCUT2D eigenvalue weighted by molar-refractivity contribution is 6.02. The van der Waals surface area contributed by atoms with Crippen LogP contribution in [-0.2, 0) is 0 Å². The molecule has 0 spiro atoms. The van der Waals surface area contributed by atoms with E-state index in [4.69, 9.17) is 14.7 Å². The molecule has 3 aromatic carbocycles. The minimum absolute atomic E-state index is 0.197. The highest BCUT2D eigenvalue weighted by Gasteiger charge is 2.18. The Balaban J connectivity index is 1.56. The van der Waals surface area contributed by atoms with Gasteiger partial charge in [0.05, 0.1) is 17.9 Å². The number of rotatable bonds is 6. The number of aliphatic imine (C=N–C) groups is 1. The Morgan fingerprint density at radius 1 is 0.949 bits per heavy atom. The zero-order chi connectivity index (χ0) is 26.9. The number of nitrogens with zero attached hydrogens (tertiary/aromatic N) is 4. The molecule has 0 radical (unpaired) electrons. The van der Waals surface area contributed by atoms with Crippen LogP contribution in [0.5, 0.6) is 11.6 Å². The quantitative estimate of drug-likeness (QED) is 0.258. The van der Waals surface area contributed by atoms with Crippen molar-refractivity contribution in [2.45, 2.75) is 13.8 Å². The van der Waals surface area contributed by atoms with Gasteiger partial charge in [0.25, 0.3) is 5.56 Å². The molecule has 0 aliphatic heterocycles. The largest absolute Gasteiger partial charge is 0.494 e. The molecule has 1 N–H and O–H groups in total. The molecule has 0 aliphatic rings. The highest BCUT2D eigenvalue weighted by atomic mass is 16.5. The Hall–Kier alpha value is -5.17. The second-order valence-electron chi connectivity index (χ2n) is 9.19. The first kappa shape index (κ1) is 24.2. The lowest BCUT2D eigenvalue weighted by Gasteiger charge is -2.14. The van der Waals surface area contributed by atoms with Gasteiger partial charge < -0.3 is 9.84 Å². The Kier molecular flexibility index (Phi) is 6.17. The third kappa shape index (κ3) is 4.34. The molecule has 3 aromatic heterocycles. The zero-order valence-corrected chi connectivity index (χ0v) is 21.6. The fraction of sp³-hybridized carbons (Fsp3) is 0.0938. The number of hydrogen-bond acceptors (Lipinski definition) is 5. The van der Waals surface area contributed by atoms with Crippen LogP contribution in [0.15, 0.2) is 107 Å². The van der Waals surface area contributed by atoms with E-state index in [1.165, 1.54) is 4.57 Å². The van der Waals surface area contributed by atoms with Crippen molar-refractivity contribution in [2.24, 2.45) is 4.99 Å². The van der Waals surface area contributed by atoms with Gasteiger partial charge in [0.15, 0.2) is 5.82 Å². The molecule has 192 valence electrons. The van der Waals surface area contributed by atoms with Crippen molar-refractivity contribution in [2.75, 3.05) is 6.61 Å². The highest BCUT2D eigenvalue weighted by Crippen LogP contribution is 2.33. The third-order valence-electron chi connectivity index (χ3n) is 6.63. The molecule has 3 heterocycles. The Labute approximate surface area is 224 Å². The SMILES string of the molecule is CCOc1ccc(-n2c(O)c(/C=N/c3c(-c4ccccc4)nc4cc(C)ccn34)c3ccccc3c2=O)cc1. The predicted octanol–water partition coefficient (Wildman–Crippen LogP) is 6.47. The molecular formula is C32H26N4O3. The van der Waals surface area contributed by atoms with Crippen LogP contribution in [0.2, 0.25) is 0 Å². The number of aryl methyl sites for hydroxylation is 1. The lowest BCUT2D eigenvalue weighted by molar-refractivity contribution is 0.340. The van der Waals surface area contributed by atoms with E-state index >= 15 is 0 Å². The van der Waals surface area contributed by atoms with Gasteiger partial charge in [-0.15, -0.1) is 0 Å². The molecule has 39 heavy (non-hydrogen) atoms. The summed E-state index contributed by atoms with van der Waals surface area (Å²) in [4.78, 5) is 23.2. The standard InChI is InChI=1S/C32H26N4O3/c1-3-39-24-15-13-23(14-16-24)36-31(37)26-12-8-7-11-25(26)27(32(36)38)20-33-30-29(22-9-5-4-6-10-22)34-28-19-21(2)17-18-35(28)30/h4-20,38H,3H2,1-2H3/b33-20+. The maximum atomic E-state index is 13.5. The molecule has 0 saturated heterocycles. The van der Waals surface area contributed by atoms with Crippen LogP contribution in [-0.4, -0.2) is 31.9 Å². The number of aromatic hydroxyl groups is 1. The summed E-state index contributed by atoms with van der Waals surface area (Å²) in [6, 6.07) is 28.2. The van der Waals surface area contributed by atoms with E-state index in [0.29, 0.717) is 40.2 Å². The van der Waals surface area contributed by atoms with Gasteiger partial charge in [0.2, 0.25) is 5.88 Å². The van der Waals surface area contributed by atoms with Crippen molar-refractivity contribution >= 4 is 28.5 Å². The number of aromatic nitrogens is 3. The lowest BCUT2D eigenvalue weighted by Crippen LogP contribution is -2.20. The normalized spacial score (nSPS) is 11.5. The van der Waals surface area contributed by atoms with Crippen LogP contribution in [0.3, 0.4) is 0 Å². The smallest absolute Gasteiger partial charge is 0.265 e. The molecule has 7 nitrogen and oxygen atoms in total. The van der Waals surface area contributed by atoms with E-state index in [0.717, 1.165) is 22.5 Å². The maximum Gasteiger partial charge on any atom is 0.265 e. The van der Waals surface area contributed by atoms with Crippen molar-refractivity contribution in [3.63, 3.8) is 0 Å². The summed E-state index contributed by atoms with van der Waals surface area (Å²) < 4.78 is 8.77. The molecule has 0 bridgehead atoms. The summed E-state index contributed by atoms with van der Waals surface area (Å²) in [5, 5.41) is 12.6. The maximum absolute atomic E-state index is 13.5. The van der Waals surface area contributed by atoms with Gasteiger partial charge in [-0.25, -0.2) is 14.5 Å². The summed E-state index contributed by atoms with van der Waals surface area (Å²) in [6.07, 6.45) is 3.55. The molecule has 0 atom stereocenters. The molecular weight excluding hydrogens is 488 g/mol. The first-order chi connectivity index (χ1) is 19.0. The fourth-order valence-corrected chi connectivity index (χ4v) is 4.76. The average molecular weight is 515 g/mol. The Morgan fingerprint density at radius 2 is 1.67 bits per heavy atom. The van der Waals surface area contributed by atoms with Gasteiger partial charge in [-0.1, -0.05) is 48.5 Å². The van der Waals surface area contributed by atoms with E-state index < -0.39 is 0 Å². The topological polar surface area (TPSA) is 81.1 Å². The number of benzene rings is 3. The first-order valence-electron chi connectivity index (χ1n) is 12.7.